The van der Waals surface area contributed by atoms with E-state index < -0.39 is 4.92 Å². The van der Waals surface area contributed by atoms with Gasteiger partial charge in [0, 0.05) is 19.3 Å². The monoisotopic (exact) mass is 197 g/mol. The van der Waals surface area contributed by atoms with Crippen LogP contribution in [0.3, 0.4) is 0 Å². The van der Waals surface area contributed by atoms with Gasteiger partial charge in [-0.05, 0) is 12.5 Å². The van der Waals surface area contributed by atoms with Crippen molar-refractivity contribution in [1.82, 2.24) is 4.98 Å². The number of aromatic nitrogens is 1. The third-order valence-electron chi connectivity index (χ3n) is 1.65. The molecule has 76 valence electrons. The summed E-state index contributed by atoms with van der Waals surface area (Å²) in [6.45, 7) is 0.563. The number of nitrogens with one attached hydrogen (secondary N) is 1. The molecule has 0 radical (unpaired) electrons. The van der Waals surface area contributed by atoms with Crippen LogP contribution in [0.25, 0.3) is 0 Å². The first-order valence-corrected chi connectivity index (χ1v) is 4.19. The van der Waals surface area contributed by atoms with E-state index in [2.05, 4.69) is 10.3 Å². The quantitative estimate of drug-likeness (QED) is 0.413. The molecule has 1 heterocycles. The summed E-state index contributed by atoms with van der Waals surface area (Å²) in [6, 6.07) is 1.54. The number of aliphatic hydroxyl groups excluding tert-OH is 1. The largest absolute Gasteiger partial charge is 0.396 e. The highest BCUT2D eigenvalue weighted by Crippen LogP contribution is 2.21. The van der Waals surface area contributed by atoms with Crippen molar-refractivity contribution in [3.05, 3.63) is 28.6 Å². The topological polar surface area (TPSA) is 88.3 Å². The lowest BCUT2D eigenvalue weighted by atomic mass is 10.3. The minimum atomic E-state index is -0.492. The van der Waals surface area contributed by atoms with E-state index in [0.29, 0.717) is 18.7 Å². The van der Waals surface area contributed by atoms with Crippen molar-refractivity contribution in [3.8, 4) is 0 Å². The fourth-order valence-electron chi connectivity index (χ4n) is 0.983. The molecule has 1 aromatic rings. The lowest BCUT2D eigenvalue weighted by Crippen LogP contribution is -2.05. The highest BCUT2D eigenvalue weighted by Gasteiger charge is 2.11. The Labute approximate surface area is 80.7 Å². The second kappa shape index (κ2) is 5.13. The zero-order valence-electron chi connectivity index (χ0n) is 7.51. The molecular formula is C8H11N3O3. The molecule has 2 N–H and O–H groups in total. The number of hydrogen-bond donors (Lipinski definition) is 2. The summed E-state index contributed by atoms with van der Waals surface area (Å²) in [5.41, 5.74) is 0.379. The Morgan fingerprint density at radius 3 is 3.07 bits per heavy atom. The van der Waals surface area contributed by atoms with Gasteiger partial charge in [0.1, 0.15) is 11.9 Å². The molecule has 0 fully saturated rings. The van der Waals surface area contributed by atoms with Crippen molar-refractivity contribution in [2.24, 2.45) is 0 Å². The van der Waals surface area contributed by atoms with Crippen LogP contribution in [0.5, 0.6) is 0 Å². The Bertz CT molecular complexity index is 316. The Morgan fingerprint density at radius 2 is 2.43 bits per heavy atom. The summed E-state index contributed by atoms with van der Waals surface area (Å²) >= 11 is 0. The minimum Gasteiger partial charge on any atom is -0.396 e. The molecule has 1 aromatic heterocycles. The molecule has 0 spiro atoms. The number of anilines is 1. The van der Waals surface area contributed by atoms with Crippen molar-refractivity contribution in [3.63, 3.8) is 0 Å². The third-order valence-corrected chi connectivity index (χ3v) is 1.65. The lowest BCUT2D eigenvalue weighted by molar-refractivity contribution is -0.384. The van der Waals surface area contributed by atoms with Crippen LogP contribution in [-0.4, -0.2) is 28.2 Å². The van der Waals surface area contributed by atoms with Gasteiger partial charge in [0.15, 0.2) is 0 Å². The van der Waals surface area contributed by atoms with Gasteiger partial charge in [0.25, 0.3) is 0 Å². The van der Waals surface area contributed by atoms with Gasteiger partial charge >= 0.3 is 5.69 Å². The first-order valence-electron chi connectivity index (χ1n) is 4.19. The van der Waals surface area contributed by atoms with Crippen molar-refractivity contribution in [2.75, 3.05) is 18.5 Å². The highest BCUT2D eigenvalue weighted by atomic mass is 16.6. The zero-order chi connectivity index (χ0) is 10.4. The molecule has 0 saturated heterocycles. The molecule has 0 saturated carbocycles. The standard InChI is InChI=1S/C8H11N3O3/c12-5-1-3-10-7-2-4-9-6-8(7)11(13)14/h2,4,6,12H,1,3,5H2,(H,9,10). The van der Waals surface area contributed by atoms with Gasteiger partial charge in [-0.1, -0.05) is 0 Å². The van der Waals surface area contributed by atoms with Crippen LogP contribution in [-0.2, 0) is 0 Å². The zero-order valence-corrected chi connectivity index (χ0v) is 7.51. The van der Waals surface area contributed by atoms with E-state index in [1.54, 1.807) is 0 Å². The average Bonchev–Trinajstić information content (AvgIpc) is 2.19. The van der Waals surface area contributed by atoms with Gasteiger partial charge in [-0.3, -0.25) is 15.1 Å². The lowest BCUT2D eigenvalue weighted by Gasteiger charge is -2.04. The number of nitrogens with zero attached hydrogens (tertiary/aromatic N) is 2. The van der Waals surface area contributed by atoms with Gasteiger partial charge in [-0.2, -0.15) is 0 Å². The maximum Gasteiger partial charge on any atom is 0.310 e. The molecule has 14 heavy (non-hydrogen) atoms. The van der Waals surface area contributed by atoms with Gasteiger partial charge in [0.2, 0.25) is 0 Å². The summed E-state index contributed by atoms with van der Waals surface area (Å²) < 4.78 is 0. The second-order valence-electron chi connectivity index (χ2n) is 2.65. The third kappa shape index (κ3) is 2.67. The van der Waals surface area contributed by atoms with Crippen LogP contribution in [0.15, 0.2) is 18.5 Å². The first kappa shape index (κ1) is 10.4. The Hall–Kier alpha value is -1.69. The fraction of sp³-hybridized carbons (Fsp3) is 0.375. The molecular weight excluding hydrogens is 186 g/mol. The Morgan fingerprint density at radius 1 is 1.64 bits per heavy atom. The Kier molecular flexibility index (Phi) is 3.81. The van der Waals surface area contributed by atoms with E-state index in [0.717, 1.165) is 0 Å². The van der Waals surface area contributed by atoms with E-state index in [1.807, 2.05) is 0 Å². The molecule has 0 aromatic carbocycles. The molecule has 0 atom stereocenters. The summed E-state index contributed by atoms with van der Waals surface area (Å²) in [5, 5.41) is 21.9. The van der Waals surface area contributed by atoms with Crippen LogP contribution in [0.4, 0.5) is 11.4 Å². The predicted molar refractivity (Wildman–Crippen MR) is 51.1 cm³/mol. The SMILES string of the molecule is O=[N+]([O-])c1cnccc1NCCCO. The number of hydrogen-bond acceptors (Lipinski definition) is 5. The van der Waals surface area contributed by atoms with Crippen molar-refractivity contribution in [2.45, 2.75) is 6.42 Å². The van der Waals surface area contributed by atoms with Crippen LogP contribution >= 0.6 is 0 Å². The maximum atomic E-state index is 10.5. The minimum absolute atomic E-state index is 0.0505. The van der Waals surface area contributed by atoms with Crippen LogP contribution in [0.2, 0.25) is 0 Å². The number of aliphatic hydroxyl groups is 1. The van der Waals surface area contributed by atoms with Gasteiger partial charge in [-0.15, -0.1) is 0 Å². The van der Waals surface area contributed by atoms with E-state index in [-0.39, 0.29) is 12.3 Å². The van der Waals surface area contributed by atoms with Gasteiger partial charge in [0.05, 0.1) is 4.92 Å². The molecule has 0 aliphatic carbocycles. The molecule has 6 nitrogen and oxygen atoms in total. The molecule has 0 amide bonds. The van der Waals surface area contributed by atoms with E-state index in [4.69, 9.17) is 5.11 Å². The number of pyridine rings is 1. The van der Waals surface area contributed by atoms with Crippen LogP contribution in [0, 0.1) is 10.1 Å². The summed E-state index contributed by atoms with van der Waals surface area (Å²) in [5.74, 6) is 0. The van der Waals surface area contributed by atoms with Crippen molar-refractivity contribution >= 4 is 11.4 Å². The second-order valence-corrected chi connectivity index (χ2v) is 2.65. The molecule has 0 aliphatic rings. The van der Waals surface area contributed by atoms with Crippen molar-refractivity contribution < 1.29 is 10.0 Å². The van der Waals surface area contributed by atoms with E-state index >= 15 is 0 Å². The normalized spacial score (nSPS) is 9.79. The van der Waals surface area contributed by atoms with Gasteiger partial charge in [-0.25, -0.2) is 0 Å². The highest BCUT2D eigenvalue weighted by molar-refractivity contribution is 5.59. The predicted octanol–water partition coefficient (Wildman–Crippen LogP) is 0.784. The van der Waals surface area contributed by atoms with Crippen molar-refractivity contribution in [1.29, 1.82) is 0 Å². The van der Waals surface area contributed by atoms with Crippen LogP contribution < -0.4 is 5.32 Å². The number of nitro groups is 1. The van der Waals surface area contributed by atoms with Crippen LogP contribution in [0.1, 0.15) is 6.42 Å². The molecule has 0 unspecified atom stereocenters. The van der Waals surface area contributed by atoms with E-state index in [9.17, 15) is 10.1 Å². The summed E-state index contributed by atoms with van der Waals surface area (Å²) in [7, 11) is 0. The average molecular weight is 197 g/mol. The maximum absolute atomic E-state index is 10.5. The number of rotatable bonds is 5. The summed E-state index contributed by atoms with van der Waals surface area (Å²) in [6.07, 6.45) is 3.23. The first-order chi connectivity index (χ1) is 6.75. The Balaban J connectivity index is 2.69. The molecule has 1 rings (SSSR count). The molecule has 0 bridgehead atoms. The molecule has 0 aliphatic heterocycles. The fourth-order valence-corrected chi connectivity index (χ4v) is 0.983. The smallest absolute Gasteiger partial charge is 0.310 e. The van der Waals surface area contributed by atoms with E-state index in [1.165, 1.54) is 18.5 Å². The van der Waals surface area contributed by atoms with Gasteiger partial charge < -0.3 is 10.4 Å². The summed E-state index contributed by atoms with van der Waals surface area (Å²) in [4.78, 5) is 13.7. The molecule has 6 heteroatoms.